The predicted molar refractivity (Wildman–Crippen MR) is 104 cm³/mol. The van der Waals surface area contributed by atoms with Gasteiger partial charge in [0.1, 0.15) is 6.61 Å². The summed E-state index contributed by atoms with van der Waals surface area (Å²) in [6.45, 7) is 0.304. The third-order valence-electron chi connectivity index (χ3n) is 3.90. The van der Waals surface area contributed by atoms with Gasteiger partial charge in [-0.2, -0.15) is 0 Å². The van der Waals surface area contributed by atoms with Gasteiger partial charge in [0.05, 0.1) is 0 Å². The van der Waals surface area contributed by atoms with E-state index in [0.29, 0.717) is 6.61 Å². The number of ether oxygens (including phenoxy) is 4. The minimum Gasteiger partial charge on any atom is -0.458 e. The van der Waals surface area contributed by atoms with Crippen LogP contribution in [-0.2, 0) is 30.3 Å². The van der Waals surface area contributed by atoms with E-state index in [1.807, 2.05) is 60.7 Å². The highest BCUT2D eigenvalue weighted by molar-refractivity contribution is 5.87. The maximum Gasteiger partial charge on any atom is 0.331 e. The molecule has 2 unspecified atom stereocenters. The van der Waals surface area contributed by atoms with Crippen LogP contribution in [0.1, 0.15) is 24.0 Å². The van der Waals surface area contributed by atoms with Gasteiger partial charge < -0.3 is 18.9 Å². The fourth-order valence-corrected chi connectivity index (χ4v) is 2.43. The van der Waals surface area contributed by atoms with E-state index in [2.05, 4.69) is 0 Å². The summed E-state index contributed by atoms with van der Waals surface area (Å²) in [6, 6.07) is 19.3. The van der Waals surface area contributed by atoms with Crippen molar-refractivity contribution in [3.05, 3.63) is 77.9 Å². The third kappa shape index (κ3) is 8.17. The molecule has 2 atom stereocenters. The van der Waals surface area contributed by atoms with Crippen molar-refractivity contribution >= 4 is 12.0 Å². The van der Waals surface area contributed by atoms with E-state index < -0.39 is 0 Å². The Labute approximate surface area is 160 Å². The van der Waals surface area contributed by atoms with Gasteiger partial charge in [-0.15, -0.1) is 0 Å². The molecule has 0 radical (unpaired) electrons. The Hall–Kier alpha value is -2.47. The molecule has 0 aliphatic carbocycles. The molecule has 1 saturated heterocycles. The second kappa shape index (κ2) is 12.0. The van der Waals surface area contributed by atoms with E-state index in [1.54, 1.807) is 20.3 Å². The SMILES string of the molecule is COC1CCC(OC)O1.O=C(/C=C/c1ccccc1)OCc1ccccc1. The summed E-state index contributed by atoms with van der Waals surface area (Å²) in [4.78, 5) is 11.5. The number of rotatable bonds is 6. The minimum atomic E-state index is -0.331. The zero-order chi connectivity index (χ0) is 19.3. The van der Waals surface area contributed by atoms with E-state index in [0.717, 1.165) is 24.0 Å². The van der Waals surface area contributed by atoms with Crippen LogP contribution in [0.15, 0.2) is 66.7 Å². The maximum atomic E-state index is 11.5. The van der Waals surface area contributed by atoms with Crippen molar-refractivity contribution in [2.45, 2.75) is 32.0 Å². The van der Waals surface area contributed by atoms with Crippen LogP contribution in [0.3, 0.4) is 0 Å². The van der Waals surface area contributed by atoms with Crippen molar-refractivity contribution in [2.75, 3.05) is 14.2 Å². The van der Waals surface area contributed by atoms with E-state index in [-0.39, 0.29) is 18.5 Å². The largest absolute Gasteiger partial charge is 0.458 e. The molecule has 1 aliphatic heterocycles. The number of carbonyl (C=O) groups is 1. The molecule has 0 spiro atoms. The van der Waals surface area contributed by atoms with Gasteiger partial charge in [-0.1, -0.05) is 60.7 Å². The van der Waals surface area contributed by atoms with Crippen LogP contribution in [0.4, 0.5) is 0 Å². The van der Waals surface area contributed by atoms with Crippen molar-refractivity contribution in [2.24, 2.45) is 0 Å². The highest BCUT2D eigenvalue weighted by Gasteiger charge is 2.23. The van der Waals surface area contributed by atoms with Crippen molar-refractivity contribution < 1.29 is 23.7 Å². The number of hydrogen-bond donors (Lipinski definition) is 0. The first-order valence-corrected chi connectivity index (χ1v) is 8.86. The summed E-state index contributed by atoms with van der Waals surface area (Å²) in [5.41, 5.74) is 1.97. The Balaban J connectivity index is 0.000000244. The maximum absolute atomic E-state index is 11.5. The average Bonchev–Trinajstić information content (AvgIpc) is 3.21. The Morgan fingerprint density at radius 2 is 1.52 bits per heavy atom. The lowest BCUT2D eigenvalue weighted by molar-refractivity contribution is -0.185. The summed E-state index contributed by atoms with van der Waals surface area (Å²) in [7, 11) is 3.28. The average molecular weight is 370 g/mol. The Morgan fingerprint density at radius 3 is 2.04 bits per heavy atom. The van der Waals surface area contributed by atoms with E-state index in [4.69, 9.17) is 18.9 Å². The molecule has 5 heteroatoms. The van der Waals surface area contributed by atoms with Crippen LogP contribution in [0.5, 0.6) is 0 Å². The van der Waals surface area contributed by atoms with Gasteiger partial charge in [-0.3, -0.25) is 0 Å². The Bertz CT molecular complexity index is 674. The Morgan fingerprint density at radius 1 is 0.963 bits per heavy atom. The fourth-order valence-electron chi connectivity index (χ4n) is 2.43. The van der Waals surface area contributed by atoms with Crippen LogP contribution < -0.4 is 0 Å². The summed E-state index contributed by atoms with van der Waals surface area (Å²) >= 11 is 0. The van der Waals surface area contributed by atoms with Crippen LogP contribution in [0, 0.1) is 0 Å². The minimum absolute atomic E-state index is 0.0463. The van der Waals surface area contributed by atoms with Gasteiger partial charge in [-0.25, -0.2) is 4.79 Å². The molecule has 1 fully saturated rings. The van der Waals surface area contributed by atoms with Crippen LogP contribution in [0.25, 0.3) is 6.08 Å². The number of esters is 1. The lowest BCUT2D eigenvalue weighted by atomic mass is 10.2. The summed E-state index contributed by atoms with van der Waals surface area (Å²) in [5.74, 6) is -0.331. The van der Waals surface area contributed by atoms with Gasteiger partial charge in [0.15, 0.2) is 12.6 Å². The highest BCUT2D eigenvalue weighted by Crippen LogP contribution is 2.19. The smallest absolute Gasteiger partial charge is 0.331 e. The lowest BCUT2D eigenvalue weighted by Gasteiger charge is -2.09. The molecule has 1 aliphatic rings. The number of benzene rings is 2. The van der Waals surface area contributed by atoms with Crippen LogP contribution in [-0.4, -0.2) is 32.8 Å². The molecule has 27 heavy (non-hydrogen) atoms. The Kier molecular flexibility index (Phi) is 9.27. The van der Waals surface area contributed by atoms with Crippen molar-refractivity contribution in [3.8, 4) is 0 Å². The first-order valence-electron chi connectivity index (χ1n) is 8.86. The summed E-state index contributed by atoms with van der Waals surface area (Å²) < 4.78 is 20.2. The van der Waals surface area contributed by atoms with Crippen LogP contribution >= 0.6 is 0 Å². The second-order valence-corrected chi connectivity index (χ2v) is 5.88. The predicted octanol–water partition coefficient (Wildman–Crippen LogP) is 4.19. The molecule has 2 aromatic carbocycles. The van der Waals surface area contributed by atoms with Gasteiger partial charge >= 0.3 is 5.97 Å². The molecule has 0 saturated carbocycles. The quantitative estimate of drug-likeness (QED) is 0.564. The topological polar surface area (TPSA) is 54.0 Å². The van der Waals surface area contributed by atoms with Gasteiger partial charge in [0.2, 0.25) is 0 Å². The number of hydrogen-bond acceptors (Lipinski definition) is 5. The fraction of sp³-hybridized carbons (Fsp3) is 0.318. The molecule has 3 rings (SSSR count). The van der Waals surface area contributed by atoms with E-state index in [9.17, 15) is 4.79 Å². The van der Waals surface area contributed by atoms with Crippen molar-refractivity contribution in [3.63, 3.8) is 0 Å². The zero-order valence-corrected chi connectivity index (χ0v) is 15.7. The monoisotopic (exact) mass is 370 g/mol. The summed E-state index contributed by atoms with van der Waals surface area (Å²) in [5, 5.41) is 0. The molecule has 144 valence electrons. The van der Waals surface area contributed by atoms with E-state index in [1.165, 1.54) is 6.08 Å². The molecule has 0 aromatic heterocycles. The molecular weight excluding hydrogens is 344 g/mol. The second-order valence-electron chi connectivity index (χ2n) is 5.88. The van der Waals surface area contributed by atoms with E-state index >= 15 is 0 Å². The standard InChI is InChI=1S/C16H14O2.C6H12O3/c17-16(12-11-14-7-3-1-4-8-14)18-13-15-9-5-2-6-10-15;1-7-5-3-4-6(8-2)9-5/h1-12H,13H2;5-6H,3-4H2,1-2H3/b12-11+;. The number of carbonyl (C=O) groups excluding carboxylic acids is 1. The molecule has 0 N–H and O–H groups in total. The molecule has 5 nitrogen and oxygen atoms in total. The van der Waals surface area contributed by atoms with Gasteiger partial charge in [0.25, 0.3) is 0 Å². The zero-order valence-electron chi connectivity index (χ0n) is 15.7. The molecule has 0 bridgehead atoms. The molecular formula is C22H26O5. The molecule has 2 aromatic rings. The first kappa shape index (κ1) is 20.8. The first-order chi connectivity index (χ1) is 13.2. The van der Waals surface area contributed by atoms with Gasteiger partial charge in [-0.05, 0) is 17.2 Å². The normalized spacial score (nSPS) is 18.7. The number of methoxy groups -OCH3 is 2. The molecule has 1 heterocycles. The van der Waals surface area contributed by atoms with Gasteiger partial charge in [0, 0.05) is 33.1 Å². The molecule has 0 amide bonds. The summed E-state index contributed by atoms with van der Waals surface area (Å²) in [6.07, 6.45) is 4.97. The lowest BCUT2D eigenvalue weighted by Crippen LogP contribution is -2.13. The van der Waals surface area contributed by atoms with Crippen molar-refractivity contribution in [1.82, 2.24) is 0 Å². The van der Waals surface area contributed by atoms with Crippen LogP contribution in [0.2, 0.25) is 0 Å². The highest BCUT2D eigenvalue weighted by atomic mass is 16.8. The third-order valence-corrected chi connectivity index (χ3v) is 3.90. The van der Waals surface area contributed by atoms with Crippen molar-refractivity contribution in [1.29, 1.82) is 0 Å².